The van der Waals surface area contributed by atoms with E-state index in [1.165, 1.54) is 5.56 Å². The molecular weight excluding hydrogens is 394 g/mol. The molecule has 1 N–H and O–H groups in total. The number of para-hydroxylation sites is 2. The van der Waals surface area contributed by atoms with Crippen LogP contribution in [0.4, 0.5) is 11.7 Å². The molecule has 3 aromatic heterocycles. The molecule has 0 fully saturated rings. The molecule has 6 nitrogen and oxygen atoms in total. The Morgan fingerprint density at radius 1 is 0.800 bits per heavy atom. The minimum Gasteiger partial charge on any atom is -0.403 e. The van der Waals surface area contributed by atoms with Gasteiger partial charge in [-0.2, -0.15) is 0 Å². The Balaban J connectivity index is 1.38. The van der Waals surface area contributed by atoms with Crippen molar-refractivity contribution in [2.75, 3.05) is 5.32 Å². The highest BCUT2D eigenvalue weighted by Gasteiger charge is 2.15. The maximum absolute atomic E-state index is 5.84. The molecule has 0 atom stereocenters. The van der Waals surface area contributed by atoms with Crippen LogP contribution in [0.25, 0.3) is 22.4 Å². The summed E-state index contributed by atoms with van der Waals surface area (Å²) in [5.41, 5.74) is 3.90. The SMILES string of the molecule is c1ccc(Nc2nnc(-c3cccnc3SCc3ccnc4ccccc34)o2)cc1. The molecular formula is C23H17N5OS. The van der Waals surface area contributed by atoms with Gasteiger partial charge in [0, 0.05) is 29.2 Å². The van der Waals surface area contributed by atoms with E-state index in [9.17, 15) is 0 Å². The van der Waals surface area contributed by atoms with E-state index < -0.39 is 0 Å². The highest BCUT2D eigenvalue weighted by Crippen LogP contribution is 2.33. The minimum absolute atomic E-state index is 0.344. The van der Waals surface area contributed by atoms with Gasteiger partial charge in [0.2, 0.25) is 0 Å². The predicted octanol–water partition coefficient (Wildman–Crippen LogP) is 5.72. The van der Waals surface area contributed by atoms with Crippen LogP contribution < -0.4 is 5.32 Å². The predicted molar refractivity (Wildman–Crippen MR) is 119 cm³/mol. The van der Waals surface area contributed by atoms with Crippen molar-refractivity contribution < 1.29 is 4.42 Å². The fourth-order valence-electron chi connectivity index (χ4n) is 3.12. The Kier molecular flexibility index (Phi) is 5.10. The maximum Gasteiger partial charge on any atom is 0.320 e. The normalized spacial score (nSPS) is 10.9. The molecule has 0 radical (unpaired) electrons. The maximum atomic E-state index is 5.84. The number of rotatable bonds is 6. The summed E-state index contributed by atoms with van der Waals surface area (Å²) in [6.07, 6.45) is 3.62. The number of benzene rings is 2. The van der Waals surface area contributed by atoms with E-state index in [0.717, 1.165) is 32.9 Å². The van der Waals surface area contributed by atoms with E-state index in [4.69, 9.17) is 4.42 Å². The second-order valence-electron chi connectivity index (χ2n) is 6.54. The number of thioether (sulfide) groups is 1. The zero-order chi connectivity index (χ0) is 20.2. The molecule has 0 bridgehead atoms. The molecule has 0 spiro atoms. The van der Waals surface area contributed by atoms with Crippen molar-refractivity contribution in [1.82, 2.24) is 20.2 Å². The Bertz CT molecular complexity index is 1280. The minimum atomic E-state index is 0.344. The lowest BCUT2D eigenvalue weighted by Crippen LogP contribution is -1.90. The Morgan fingerprint density at radius 3 is 2.60 bits per heavy atom. The zero-order valence-corrected chi connectivity index (χ0v) is 16.7. The van der Waals surface area contributed by atoms with E-state index in [1.54, 1.807) is 18.0 Å². The van der Waals surface area contributed by atoms with Crippen molar-refractivity contribution in [3.63, 3.8) is 0 Å². The molecule has 2 aromatic carbocycles. The van der Waals surface area contributed by atoms with E-state index in [2.05, 4.69) is 31.5 Å². The summed E-state index contributed by atoms with van der Waals surface area (Å²) in [7, 11) is 0. The molecule has 5 rings (SSSR count). The van der Waals surface area contributed by atoms with Crippen molar-refractivity contribution in [3.8, 4) is 11.5 Å². The zero-order valence-electron chi connectivity index (χ0n) is 15.9. The van der Waals surface area contributed by atoms with Crippen molar-refractivity contribution in [2.24, 2.45) is 0 Å². The highest BCUT2D eigenvalue weighted by molar-refractivity contribution is 7.98. The number of aromatic nitrogens is 4. The molecule has 146 valence electrons. The van der Waals surface area contributed by atoms with Gasteiger partial charge in [-0.05, 0) is 42.0 Å². The van der Waals surface area contributed by atoms with E-state index in [1.807, 2.05) is 72.9 Å². The summed E-state index contributed by atoms with van der Waals surface area (Å²) in [4.78, 5) is 8.98. The second-order valence-corrected chi connectivity index (χ2v) is 7.50. The fourth-order valence-corrected chi connectivity index (χ4v) is 4.11. The molecule has 0 unspecified atom stereocenters. The van der Waals surface area contributed by atoms with E-state index in [-0.39, 0.29) is 0 Å². The summed E-state index contributed by atoms with van der Waals surface area (Å²) in [5, 5.41) is 13.4. The largest absolute Gasteiger partial charge is 0.403 e. The quantitative estimate of drug-likeness (QED) is 0.358. The monoisotopic (exact) mass is 411 g/mol. The van der Waals surface area contributed by atoms with Gasteiger partial charge in [0.15, 0.2) is 0 Å². The Hall–Kier alpha value is -3.71. The first-order chi connectivity index (χ1) is 14.9. The van der Waals surface area contributed by atoms with Gasteiger partial charge in [-0.15, -0.1) is 16.9 Å². The van der Waals surface area contributed by atoms with Crippen LogP contribution in [0.5, 0.6) is 0 Å². The average molecular weight is 411 g/mol. The molecule has 7 heteroatoms. The van der Waals surface area contributed by atoms with E-state index >= 15 is 0 Å². The third kappa shape index (κ3) is 3.88. The van der Waals surface area contributed by atoms with Gasteiger partial charge in [-0.3, -0.25) is 4.98 Å². The Labute approximate surface area is 177 Å². The van der Waals surface area contributed by atoms with Gasteiger partial charge in [-0.25, -0.2) is 4.98 Å². The lowest BCUT2D eigenvalue weighted by atomic mass is 10.1. The number of hydrogen-bond donors (Lipinski definition) is 1. The van der Waals surface area contributed by atoms with Crippen LogP contribution >= 0.6 is 11.8 Å². The first-order valence-electron chi connectivity index (χ1n) is 9.43. The summed E-state index contributed by atoms with van der Waals surface area (Å²) < 4.78 is 5.84. The van der Waals surface area contributed by atoms with Crippen LogP contribution in [0.3, 0.4) is 0 Å². The summed E-state index contributed by atoms with van der Waals surface area (Å²) in [6, 6.07) is 24.1. The van der Waals surface area contributed by atoms with Gasteiger partial charge < -0.3 is 9.73 Å². The molecule has 0 aliphatic rings. The topological polar surface area (TPSA) is 76.7 Å². The van der Waals surface area contributed by atoms with Crippen molar-refractivity contribution in [2.45, 2.75) is 10.8 Å². The number of nitrogens with zero attached hydrogens (tertiary/aromatic N) is 4. The van der Waals surface area contributed by atoms with Crippen LogP contribution in [-0.2, 0) is 5.75 Å². The highest BCUT2D eigenvalue weighted by atomic mass is 32.2. The van der Waals surface area contributed by atoms with Crippen LogP contribution in [0.1, 0.15) is 5.56 Å². The fraction of sp³-hybridized carbons (Fsp3) is 0.0435. The summed E-state index contributed by atoms with van der Waals surface area (Å²) in [6.45, 7) is 0. The van der Waals surface area contributed by atoms with Gasteiger partial charge >= 0.3 is 6.01 Å². The molecule has 30 heavy (non-hydrogen) atoms. The molecule has 0 saturated heterocycles. The second kappa shape index (κ2) is 8.34. The lowest BCUT2D eigenvalue weighted by molar-refractivity contribution is 0.585. The molecule has 0 saturated carbocycles. The number of anilines is 2. The Morgan fingerprint density at radius 2 is 1.67 bits per heavy atom. The summed E-state index contributed by atoms with van der Waals surface area (Å²) >= 11 is 1.64. The van der Waals surface area contributed by atoms with Crippen LogP contribution in [0, 0.1) is 0 Å². The van der Waals surface area contributed by atoms with Gasteiger partial charge in [0.1, 0.15) is 5.03 Å². The first-order valence-corrected chi connectivity index (χ1v) is 10.4. The molecule has 0 aliphatic carbocycles. The number of nitrogens with one attached hydrogen (secondary N) is 1. The van der Waals surface area contributed by atoms with Gasteiger partial charge in [-0.1, -0.05) is 41.5 Å². The molecule has 0 amide bonds. The molecule has 5 aromatic rings. The van der Waals surface area contributed by atoms with Crippen LogP contribution in [0.15, 0.2) is 94.6 Å². The van der Waals surface area contributed by atoms with Gasteiger partial charge in [0.25, 0.3) is 5.89 Å². The summed E-state index contributed by atoms with van der Waals surface area (Å²) in [5.74, 6) is 1.19. The molecule has 3 heterocycles. The lowest BCUT2D eigenvalue weighted by Gasteiger charge is -2.07. The number of pyridine rings is 2. The van der Waals surface area contributed by atoms with Crippen molar-refractivity contribution >= 4 is 34.4 Å². The van der Waals surface area contributed by atoms with E-state index in [0.29, 0.717) is 11.9 Å². The smallest absolute Gasteiger partial charge is 0.320 e. The molecule has 0 aliphatic heterocycles. The number of hydrogen-bond acceptors (Lipinski definition) is 7. The van der Waals surface area contributed by atoms with Gasteiger partial charge in [0.05, 0.1) is 11.1 Å². The van der Waals surface area contributed by atoms with Crippen LogP contribution in [-0.4, -0.2) is 20.2 Å². The number of fused-ring (bicyclic) bond motifs is 1. The third-order valence-corrected chi connectivity index (χ3v) is 5.61. The third-order valence-electron chi connectivity index (χ3n) is 4.56. The van der Waals surface area contributed by atoms with Crippen molar-refractivity contribution in [3.05, 3.63) is 90.8 Å². The average Bonchev–Trinajstić information content (AvgIpc) is 3.27. The first kappa shape index (κ1) is 18.3. The van der Waals surface area contributed by atoms with Crippen molar-refractivity contribution in [1.29, 1.82) is 0 Å². The van der Waals surface area contributed by atoms with Crippen LogP contribution in [0.2, 0.25) is 0 Å². The standard InChI is InChI=1S/C23H17N5OS/c1-2-7-17(8-3-1)26-23-28-27-21(29-23)19-10-6-13-25-22(19)30-15-16-12-14-24-20-11-5-4-9-18(16)20/h1-14H,15H2,(H,26,28).